The maximum Gasteiger partial charge on any atom is 0.224 e. The zero-order valence-electron chi connectivity index (χ0n) is 9.22. The molecule has 0 heterocycles. The van der Waals surface area contributed by atoms with Gasteiger partial charge in [0.15, 0.2) is 0 Å². The molecule has 0 saturated carbocycles. The Hall–Kier alpha value is -0.900. The third kappa shape index (κ3) is 4.31. The van der Waals surface area contributed by atoms with Gasteiger partial charge in [-0.25, -0.2) is 4.39 Å². The van der Waals surface area contributed by atoms with Crippen LogP contribution in [0, 0.1) is 5.82 Å². The molecule has 0 aliphatic heterocycles. The molecular weight excluding hydrogens is 273 g/mol. The molecule has 0 saturated heterocycles. The van der Waals surface area contributed by atoms with E-state index in [1.807, 2.05) is 0 Å². The standard InChI is InChI=1S/C12H15BrFNO/c1-2-3-4-5-12(16)15-11-8-9(14)6-7-10(11)13/h6-8H,2-5H2,1H3,(H,15,16). The number of halogens is 2. The van der Waals surface area contributed by atoms with Gasteiger partial charge in [-0.15, -0.1) is 0 Å². The SMILES string of the molecule is CCCCCC(=O)Nc1cc(F)ccc1Br. The van der Waals surface area contributed by atoms with Gasteiger partial charge in [-0.1, -0.05) is 19.8 Å². The topological polar surface area (TPSA) is 29.1 Å². The van der Waals surface area contributed by atoms with Crippen LogP contribution in [0.1, 0.15) is 32.6 Å². The summed E-state index contributed by atoms with van der Waals surface area (Å²) in [5, 5.41) is 2.68. The molecule has 16 heavy (non-hydrogen) atoms. The number of amides is 1. The van der Waals surface area contributed by atoms with Gasteiger partial charge >= 0.3 is 0 Å². The summed E-state index contributed by atoms with van der Waals surface area (Å²) in [7, 11) is 0. The minimum absolute atomic E-state index is 0.0697. The van der Waals surface area contributed by atoms with Gasteiger partial charge in [-0.3, -0.25) is 4.79 Å². The van der Waals surface area contributed by atoms with E-state index in [0.29, 0.717) is 16.6 Å². The lowest BCUT2D eigenvalue weighted by Crippen LogP contribution is -2.11. The van der Waals surface area contributed by atoms with Crippen LogP contribution in [0.5, 0.6) is 0 Å². The first-order valence-electron chi connectivity index (χ1n) is 5.38. The molecular formula is C12H15BrFNO. The zero-order valence-corrected chi connectivity index (χ0v) is 10.8. The van der Waals surface area contributed by atoms with E-state index in [2.05, 4.69) is 28.2 Å². The number of nitrogens with one attached hydrogen (secondary N) is 1. The summed E-state index contributed by atoms with van der Waals surface area (Å²) in [6, 6.07) is 4.23. The van der Waals surface area contributed by atoms with Crippen LogP contribution in [0.25, 0.3) is 0 Å². The maximum absolute atomic E-state index is 12.9. The van der Waals surface area contributed by atoms with E-state index in [1.54, 1.807) is 6.07 Å². The number of hydrogen-bond acceptors (Lipinski definition) is 1. The molecule has 0 bridgehead atoms. The monoisotopic (exact) mass is 287 g/mol. The first kappa shape index (κ1) is 13.2. The van der Waals surface area contributed by atoms with Crippen molar-refractivity contribution in [2.24, 2.45) is 0 Å². The van der Waals surface area contributed by atoms with Crippen molar-refractivity contribution in [2.75, 3.05) is 5.32 Å². The Bertz CT molecular complexity index is 368. The summed E-state index contributed by atoms with van der Waals surface area (Å²) in [6.07, 6.45) is 3.47. The van der Waals surface area contributed by atoms with E-state index in [1.165, 1.54) is 12.1 Å². The molecule has 1 N–H and O–H groups in total. The van der Waals surface area contributed by atoms with Gasteiger partial charge in [0.05, 0.1) is 5.69 Å². The van der Waals surface area contributed by atoms with Crippen LogP contribution < -0.4 is 5.32 Å². The number of unbranched alkanes of at least 4 members (excludes halogenated alkanes) is 2. The van der Waals surface area contributed by atoms with Crippen molar-refractivity contribution in [3.8, 4) is 0 Å². The number of rotatable bonds is 5. The largest absolute Gasteiger partial charge is 0.325 e. The second-order valence-corrected chi connectivity index (χ2v) is 4.48. The Morgan fingerprint density at radius 1 is 1.44 bits per heavy atom. The van der Waals surface area contributed by atoms with E-state index in [0.717, 1.165) is 19.3 Å². The first-order chi connectivity index (χ1) is 7.63. The fourth-order valence-corrected chi connectivity index (χ4v) is 1.69. The third-order valence-electron chi connectivity index (χ3n) is 2.21. The Kier molecular flexibility index (Phi) is 5.46. The van der Waals surface area contributed by atoms with Crippen molar-refractivity contribution in [3.63, 3.8) is 0 Å². The fraction of sp³-hybridized carbons (Fsp3) is 0.417. The highest BCUT2D eigenvalue weighted by Crippen LogP contribution is 2.23. The Labute approximate surface area is 103 Å². The molecule has 0 aromatic heterocycles. The summed E-state index contributed by atoms with van der Waals surface area (Å²) in [6.45, 7) is 2.08. The lowest BCUT2D eigenvalue weighted by atomic mass is 10.2. The van der Waals surface area contributed by atoms with Crippen molar-refractivity contribution in [3.05, 3.63) is 28.5 Å². The molecule has 0 unspecified atom stereocenters. The molecule has 4 heteroatoms. The van der Waals surface area contributed by atoms with Crippen LogP contribution >= 0.6 is 15.9 Å². The van der Waals surface area contributed by atoms with Gasteiger partial charge in [0, 0.05) is 10.9 Å². The highest BCUT2D eigenvalue weighted by atomic mass is 79.9. The van der Waals surface area contributed by atoms with Crippen molar-refractivity contribution < 1.29 is 9.18 Å². The van der Waals surface area contributed by atoms with Crippen molar-refractivity contribution in [1.82, 2.24) is 0 Å². The number of carbonyl (C=O) groups is 1. The number of hydrogen-bond donors (Lipinski definition) is 1. The van der Waals surface area contributed by atoms with Crippen LogP contribution in [-0.4, -0.2) is 5.91 Å². The van der Waals surface area contributed by atoms with Crippen LogP contribution in [0.15, 0.2) is 22.7 Å². The lowest BCUT2D eigenvalue weighted by molar-refractivity contribution is -0.116. The predicted molar refractivity (Wildman–Crippen MR) is 66.9 cm³/mol. The smallest absolute Gasteiger partial charge is 0.224 e. The molecule has 0 aliphatic carbocycles. The zero-order chi connectivity index (χ0) is 12.0. The average molecular weight is 288 g/mol. The summed E-state index contributed by atoms with van der Waals surface area (Å²) in [5.41, 5.74) is 0.487. The van der Waals surface area contributed by atoms with Gasteiger partial charge in [0.1, 0.15) is 5.82 Å². The highest BCUT2D eigenvalue weighted by molar-refractivity contribution is 9.10. The van der Waals surface area contributed by atoms with Crippen molar-refractivity contribution in [1.29, 1.82) is 0 Å². The molecule has 0 fully saturated rings. The molecule has 88 valence electrons. The maximum atomic E-state index is 12.9. The molecule has 1 aromatic carbocycles. The summed E-state index contributed by atoms with van der Waals surface area (Å²) in [4.78, 5) is 11.5. The molecule has 1 aromatic rings. The Morgan fingerprint density at radius 3 is 2.88 bits per heavy atom. The van der Waals surface area contributed by atoms with Crippen molar-refractivity contribution in [2.45, 2.75) is 32.6 Å². The second-order valence-electron chi connectivity index (χ2n) is 3.63. The third-order valence-corrected chi connectivity index (χ3v) is 2.90. The molecule has 2 nitrogen and oxygen atoms in total. The Morgan fingerprint density at radius 2 is 2.19 bits per heavy atom. The quantitative estimate of drug-likeness (QED) is 0.812. The van der Waals surface area contributed by atoms with Gasteiger partial charge < -0.3 is 5.32 Å². The van der Waals surface area contributed by atoms with Gasteiger partial charge in [0.2, 0.25) is 5.91 Å². The Balaban J connectivity index is 2.52. The van der Waals surface area contributed by atoms with Crippen molar-refractivity contribution >= 4 is 27.5 Å². The van der Waals surface area contributed by atoms with Crippen LogP contribution in [0.3, 0.4) is 0 Å². The summed E-state index contributed by atoms with van der Waals surface area (Å²) >= 11 is 3.26. The molecule has 0 spiro atoms. The number of carbonyl (C=O) groups excluding carboxylic acids is 1. The highest BCUT2D eigenvalue weighted by Gasteiger charge is 2.06. The van der Waals surface area contributed by atoms with E-state index in [-0.39, 0.29) is 11.7 Å². The number of anilines is 1. The lowest BCUT2D eigenvalue weighted by Gasteiger charge is -2.07. The van der Waals surface area contributed by atoms with E-state index in [9.17, 15) is 9.18 Å². The normalized spacial score (nSPS) is 10.2. The van der Waals surface area contributed by atoms with E-state index < -0.39 is 0 Å². The fourth-order valence-electron chi connectivity index (χ4n) is 1.34. The van der Waals surface area contributed by atoms with Crippen LogP contribution in [0.4, 0.5) is 10.1 Å². The van der Waals surface area contributed by atoms with E-state index >= 15 is 0 Å². The summed E-state index contributed by atoms with van der Waals surface area (Å²) in [5.74, 6) is -0.424. The minimum atomic E-state index is -0.355. The van der Waals surface area contributed by atoms with Gasteiger partial charge in [-0.2, -0.15) is 0 Å². The molecule has 1 amide bonds. The average Bonchev–Trinajstić information content (AvgIpc) is 2.24. The summed E-state index contributed by atoms with van der Waals surface area (Å²) < 4.78 is 13.6. The minimum Gasteiger partial charge on any atom is -0.325 e. The van der Waals surface area contributed by atoms with Crippen LogP contribution in [-0.2, 0) is 4.79 Å². The molecule has 0 atom stereocenters. The predicted octanol–water partition coefficient (Wildman–Crippen LogP) is 4.11. The van der Waals surface area contributed by atoms with E-state index in [4.69, 9.17) is 0 Å². The van der Waals surface area contributed by atoms with Crippen LogP contribution in [0.2, 0.25) is 0 Å². The molecule has 1 rings (SSSR count). The molecule has 0 radical (unpaired) electrons. The van der Waals surface area contributed by atoms with Gasteiger partial charge in [0.25, 0.3) is 0 Å². The second kappa shape index (κ2) is 6.63. The number of benzene rings is 1. The molecule has 0 aliphatic rings. The van der Waals surface area contributed by atoms with Gasteiger partial charge in [-0.05, 0) is 40.5 Å². The first-order valence-corrected chi connectivity index (χ1v) is 6.17.